The molecule has 0 amide bonds. The zero-order valence-corrected chi connectivity index (χ0v) is 12.9. The van der Waals surface area contributed by atoms with Crippen LogP contribution in [0.3, 0.4) is 0 Å². The van der Waals surface area contributed by atoms with Crippen molar-refractivity contribution in [3.8, 4) is 5.75 Å². The van der Waals surface area contributed by atoms with Crippen LogP contribution in [0.15, 0.2) is 45.3 Å². The summed E-state index contributed by atoms with van der Waals surface area (Å²) in [5, 5.41) is 12.3. The molecule has 100 valence electrons. The molecule has 5 heteroatoms. The van der Waals surface area contributed by atoms with E-state index < -0.39 is 0 Å². The highest BCUT2D eigenvalue weighted by atomic mass is 79.9. The Labute approximate surface area is 124 Å². The SMILES string of the molecule is CC/C(=N\O)c1ccccc1OCc1ccc(Br)s1. The van der Waals surface area contributed by atoms with Crippen LogP contribution in [0, 0.1) is 0 Å². The maximum Gasteiger partial charge on any atom is 0.129 e. The van der Waals surface area contributed by atoms with E-state index in [0.717, 1.165) is 20.0 Å². The fourth-order valence-corrected chi connectivity index (χ4v) is 3.12. The summed E-state index contributed by atoms with van der Waals surface area (Å²) in [6.07, 6.45) is 0.654. The monoisotopic (exact) mass is 339 g/mol. The largest absolute Gasteiger partial charge is 0.487 e. The molecule has 0 radical (unpaired) electrons. The molecule has 0 saturated carbocycles. The van der Waals surface area contributed by atoms with Crippen molar-refractivity contribution in [2.24, 2.45) is 5.16 Å². The molecular weight excluding hydrogens is 326 g/mol. The van der Waals surface area contributed by atoms with Crippen LogP contribution in [-0.4, -0.2) is 10.9 Å². The second-order valence-electron chi connectivity index (χ2n) is 3.89. The number of hydrogen-bond acceptors (Lipinski definition) is 4. The molecule has 1 aromatic heterocycles. The lowest BCUT2D eigenvalue weighted by molar-refractivity contribution is 0.306. The van der Waals surface area contributed by atoms with Crippen LogP contribution in [-0.2, 0) is 6.61 Å². The van der Waals surface area contributed by atoms with Gasteiger partial charge in [0.25, 0.3) is 0 Å². The Bertz CT molecular complexity index is 580. The van der Waals surface area contributed by atoms with E-state index in [1.807, 2.05) is 43.3 Å². The number of benzene rings is 1. The number of rotatable bonds is 5. The molecule has 2 aromatic rings. The molecule has 0 unspecified atom stereocenters. The van der Waals surface area contributed by atoms with Gasteiger partial charge < -0.3 is 9.94 Å². The van der Waals surface area contributed by atoms with Gasteiger partial charge in [-0.3, -0.25) is 0 Å². The molecule has 1 heterocycles. The van der Waals surface area contributed by atoms with Crippen LogP contribution in [0.1, 0.15) is 23.8 Å². The normalized spacial score (nSPS) is 11.6. The van der Waals surface area contributed by atoms with Gasteiger partial charge in [0, 0.05) is 10.4 Å². The maximum absolute atomic E-state index is 9.02. The van der Waals surface area contributed by atoms with Crippen molar-refractivity contribution in [2.75, 3.05) is 0 Å². The van der Waals surface area contributed by atoms with Crippen LogP contribution in [0.2, 0.25) is 0 Å². The predicted molar refractivity (Wildman–Crippen MR) is 81.4 cm³/mol. The predicted octanol–water partition coefficient (Wildman–Crippen LogP) is 4.68. The van der Waals surface area contributed by atoms with E-state index >= 15 is 0 Å². The Kier molecular flexibility index (Phi) is 4.99. The van der Waals surface area contributed by atoms with Crippen molar-refractivity contribution >= 4 is 33.0 Å². The van der Waals surface area contributed by atoms with E-state index in [9.17, 15) is 0 Å². The molecule has 0 fully saturated rings. The number of para-hydroxylation sites is 1. The standard InChI is InChI=1S/C14H14BrNO2S/c1-2-12(16-17)11-5-3-4-6-13(11)18-9-10-7-8-14(15)19-10/h3-8,17H,2,9H2,1H3/b16-12+. The van der Waals surface area contributed by atoms with Gasteiger partial charge in [-0.05, 0) is 46.6 Å². The van der Waals surface area contributed by atoms with Gasteiger partial charge in [-0.25, -0.2) is 0 Å². The molecule has 19 heavy (non-hydrogen) atoms. The average Bonchev–Trinajstić information content (AvgIpc) is 2.85. The number of nitrogens with zero attached hydrogens (tertiary/aromatic N) is 1. The van der Waals surface area contributed by atoms with Gasteiger partial charge >= 0.3 is 0 Å². The van der Waals surface area contributed by atoms with Gasteiger partial charge in [-0.2, -0.15) is 0 Å². The van der Waals surface area contributed by atoms with Crippen molar-refractivity contribution in [3.05, 3.63) is 50.6 Å². The molecule has 0 aliphatic rings. The third-order valence-electron chi connectivity index (χ3n) is 2.65. The Morgan fingerprint density at radius 3 is 2.74 bits per heavy atom. The first-order chi connectivity index (χ1) is 9.24. The molecule has 0 aliphatic heterocycles. The van der Waals surface area contributed by atoms with E-state index in [2.05, 4.69) is 21.1 Å². The quantitative estimate of drug-likeness (QED) is 0.488. The first-order valence-electron chi connectivity index (χ1n) is 5.92. The van der Waals surface area contributed by atoms with Crippen LogP contribution < -0.4 is 4.74 Å². The Hall–Kier alpha value is -1.33. The Morgan fingerprint density at radius 2 is 2.11 bits per heavy atom. The second kappa shape index (κ2) is 6.73. The van der Waals surface area contributed by atoms with Gasteiger partial charge in [0.1, 0.15) is 12.4 Å². The molecule has 1 N–H and O–H groups in total. The van der Waals surface area contributed by atoms with Crippen molar-refractivity contribution in [3.63, 3.8) is 0 Å². The summed E-state index contributed by atoms with van der Waals surface area (Å²) in [5.74, 6) is 0.738. The highest BCUT2D eigenvalue weighted by molar-refractivity contribution is 9.11. The van der Waals surface area contributed by atoms with Gasteiger partial charge in [-0.15, -0.1) is 11.3 Å². The molecule has 2 rings (SSSR count). The second-order valence-corrected chi connectivity index (χ2v) is 6.44. The summed E-state index contributed by atoms with van der Waals surface area (Å²) in [6.45, 7) is 2.46. The molecule has 3 nitrogen and oxygen atoms in total. The summed E-state index contributed by atoms with van der Waals surface area (Å²) in [4.78, 5) is 1.14. The van der Waals surface area contributed by atoms with Crippen LogP contribution in [0.4, 0.5) is 0 Å². The third kappa shape index (κ3) is 3.58. The summed E-state index contributed by atoms with van der Waals surface area (Å²) < 4.78 is 6.91. The van der Waals surface area contributed by atoms with E-state index in [1.165, 1.54) is 0 Å². The minimum atomic E-state index is 0.510. The summed E-state index contributed by atoms with van der Waals surface area (Å²) in [5.41, 5.74) is 1.46. The summed E-state index contributed by atoms with van der Waals surface area (Å²) >= 11 is 5.07. The molecular formula is C14H14BrNO2S. The highest BCUT2D eigenvalue weighted by Crippen LogP contribution is 2.25. The van der Waals surface area contributed by atoms with Gasteiger partial charge in [-0.1, -0.05) is 24.2 Å². The molecule has 0 saturated heterocycles. The summed E-state index contributed by atoms with van der Waals surface area (Å²) in [6, 6.07) is 11.6. The number of thiophene rings is 1. The van der Waals surface area contributed by atoms with E-state index in [0.29, 0.717) is 18.7 Å². The minimum absolute atomic E-state index is 0.510. The van der Waals surface area contributed by atoms with Gasteiger partial charge in [0.15, 0.2) is 0 Å². The summed E-state index contributed by atoms with van der Waals surface area (Å²) in [7, 11) is 0. The molecule has 0 atom stereocenters. The van der Waals surface area contributed by atoms with Crippen molar-refractivity contribution in [1.29, 1.82) is 0 Å². The van der Waals surface area contributed by atoms with Gasteiger partial charge in [0.2, 0.25) is 0 Å². The van der Waals surface area contributed by atoms with Crippen molar-refractivity contribution in [1.82, 2.24) is 0 Å². The minimum Gasteiger partial charge on any atom is -0.487 e. The number of ether oxygens (including phenoxy) is 1. The molecule has 0 aliphatic carbocycles. The van der Waals surface area contributed by atoms with Crippen LogP contribution in [0.5, 0.6) is 5.75 Å². The van der Waals surface area contributed by atoms with Crippen molar-refractivity contribution in [2.45, 2.75) is 20.0 Å². The van der Waals surface area contributed by atoms with Crippen LogP contribution >= 0.6 is 27.3 Å². The van der Waals surface area contributed by atoms with Gasteiger partial charge in [0.05, 0.1) is 9.50 Å². The Morgan fingerprint density at radius 1 is 1.32 bits per heavy atom. The number of oxime groups is 1. The fourth-order valence-electron chi connectivity index (χ4n) is 1.72. The lowest BCUT2D eigenvalue weighted by Gasteiger charge is -2.10. The number of hydrogen-bond donors (Lipinski definition) is 1. The van der Waals surface area contributed by atoms with Crippen molar-refractivity contribution < 1.29 is 9.94 Å². The van der Waals surface area contributed by atoms with E-state index in [1.54, 1.807) is 11.3 Å². The molecule has 1 aromatic carbocycles. The average molecular weight is 340 g/mol. The third-order valence-corrected chi connectivity index (χ3v) is 4.25. The molecule has 0 spiro atoms. The van der Waals surface area contributed by atoms with Crippen LogP contribution in [0.25, 0.3) is 0 Å². The first kappa shape index (κ1) is 14.1. The first-order valence-corrected chi connectivity index (χ1v) is 7.53. The topological polar surface area (TPSA) is 41.8 Å². The lowest BCUT2D eigenvalue weighted by atomic mass is 10.1. The Balaban J connectivity index is 2.16. The maximum atomic E-state index is 9.02. The van der Waals surface area contributed by atoms with E-state index in [4.69, 9.17) is 9.94 Å². The fraction of sp³-hybridized carbons (Fsp3) is 0.214. The van der Waals surface area contributed by atoms with E-state index in [-0.39, 0.29) is 0 Å². The smallest absolute Gasteiger partial charge is 0.129 e. The zero-order chi connectivity index (χ0) is 13.7. The number of halogens is 1. The zero-order valence-electron chi connectivity index (χ0n) is 10.5. The lowest BCUT2D eigenvalue weighted by Crippen LogP contribution is -2.04. The molecule has 0 bridgehead atoms. The highest BCUT2D eigenvalue weighted by Gasteiger charge is 2.09.